The van der Waals surface area contributed by atoms with Crippen LogP contribution in [0.2, 0.25) is 0 Å². The van der Waals surface area contributed by atoms with Gasteiger partial charge >= 0.3 is 29.6 Å². The Morgan fingerprint density at radius 1 is 1.06 bits per heavy atom. The molecule has 0 aliphatic carbocycles. The molecule has 166 valence electrons. The van der Waals surface area contributed by atoms with E-state index in [1.165, 1.54) is 0 Å². The first kappa shape index (κ1) is 26.5. The average molecular weight is 457 g/mol. The Labute approximate surface area is 214 Å². The van der Waals surface area contributed by atoms with E-state index in [1.54, 1.807) is 25.1 Å². The van der Waals surface area contributed by atoms with Crippen LogP contribution in [0.3, 0.4) is 0 Å². The van der Waals surface area contributed by atoms with Gasteiger partial charge in [0.2, 0.25) is 0 Å². The van der Waals surface area contributed by atoms with Gasteiger partial charge in [0.1, 0.15) is 11.4 Å². The van der Waals surface area contributed by atoms with E-state index in [-0.39, 0.29) is 47.7 Å². The van der Waals surface area contributed by atoms with E-state index >= 15 is 0 Å². The van der Waals surface area contributed by atoms with E-state index in [0.717, 1.165) is 34.3 Å². The molecule has 0 bridgehead atoms. The SMILES string of the molecule is Cc1ccc(-c2nc(Cc3c(C)cc(OC[C-]=NO[C-]=O)c(F)c3C)ccc2O)cc1C.[Na+]. The summed E-state index contributed by atoms with van der Waals surface area (Å²) in [6.07, 6.45) is 2.70. The Balaban J connectivity index is 0.00000385. The summed E-state index contributed by atoms with van der Waals surface area (Å²) in [6.45, 7) is 8.51. The Bertz CT molecular complexity index is 1180. The third kappa shape index (κ3) is 6.41. The van der Waals surface area contributed by atoms with Crippen molar-refractivity contribution in [2.24, 2.45) is 5.16 Å². The quantitative estimate of drug-likeness (QED) is 0.183. The van der Waals surface area contributed by atoms with Crippen LogP contribution in [-0.4, -0.2) is 29.4 Å². The number of carbonyl (C=O) groups excluding carboxylic acids is 1. The van der Waals surface area contributed by atoms with Gasteiger partial charge in [-0.25, -0.2) is 9.37 Å². The number of nitrogens with zero attached hydrogens (tertiary/aromatic N) is 2. The summed E-state index contributed by atoms with van der Waals surface area (Å²) < 4.78 is 20.2. The van der Waals surface area contributed by atoms with Gasteiger partial charge in [0.25, 0.3) is 0 Å². The molecule has 2 aromatic carbocycles. The number of aromatic hydroxyl groups is 1. The van der Waals surface area contributed by atoms with Crippen LogP contribution in [0, 0.1) is 33.5 Å². The summed E-state index contributed by atoms with van der Waals surface area (Å²) in [7, 11) is 0. The molecule has 0 saturated heterocycles. The molecule has 0 aliphatic rings. The van der Waals surface area contributed by atoms with Gasteiger partial charge in [-0.05, 0) is 92.9 Å². The molecule has 1 aromatic heterocycles. The van der Waals surface area contributed by atoms with Crippen molar-refractivity contribution in [1.29, 1.82) is 0 Å². The van der Waals surface area contributed by atoms with E-state index in [2.05, 4.69) is 21.2 Å². The second-order valence-electron chi connectivity index (χ2n) is 7.47. The summed E-state index contributed by atoms with van der Waals surface area (Å²) in [5, 5.41) is 13.5. The third-order valence-electron chi connectivity index (χ3n) is 5.33. The fraction of sp³-hybridized carbons (Fsp3) is 0.240. The molecule has 33 heavy (non-hydrogen) atoms. The van der Waals surface area contributed by atoms with Crippen molar-refractivity contribution in [3.05, 3.63) is 75.7 Å². The van der Waals surface area contributed by atoms with Crippen molar-refractivity contribution in [2.75, 3.05) is 6.61 Å². The predicted molar refractivity (Wildman–Crippen MR) is 119 cm³/mol. The number of hydrogen-bond acceptors (Lipinski definition) is 6. The molecular weight excluding hydrogens is 434 g/mol. The summed E-state index contributed by atoms with van der Waals surface area (Å²) in [5.74, 6) is -0.353. The van der Waals surface area contributed by atoms with Gasteiger partial charge in [-0.3, -0.25) is 0 Å². The zero-order valence-corrected chi connectivity index (χ0v) is 21.3. The normalized spacial score (nSPS) is 10.7. The smallest absolute Gasteiger partial charge is 0.557 e. The third-order valence-corrected chi connectivity index (χ3v) is 5.33. The van der Waals surface area contributed by atoms with Crippen LogP contribution in [0.5, 0.6) is 11.5 Å². The molecule has 8 heteroatoms. The predicted octanol–water partition coefficient (Wildman–Crippen LogP) is 1.75. The van der Waals surface area contributed by atoms with E-state index in [1.807, 2.05) is 39.0 Å². The molecule has 0 aliphatic heterocycles. The van der Waals surface area contributed by atoms with Crippen LogP contribution in [-0.2, 0) is 16.1 Å². The summed E-state index contributed by atoms with van der Waals surface area (Å²) in [4.78, 5) is 18.6. The Morgan fingerprint density at radius 3 is 2.52 bits per heavy atom. The maximum absolute atomic E-state index is 14.9. The molecule has 1 N–H and O–H groups in total. The van der Waals surface area contributed by atoms with Gasteiger partial charge in [-0.15, -0.1) is 0 Å². The van der Waals surface area contributed by atoms with Gasteiger partial charge < -0.3 is 30.8 Å². The first-order valence-electron chi connectivity index (χ1n) is 9.95. The molecule has 0 amide bonds. The molecule has 0 spiro atoms. The van der Waals surface area contributed by atoms with Crippen LogP contribution >= 0.6 is 0 Å². The summed E-state index contributed by atoms with van der Waals surface area (Å²) >= 11 is 0. The van der Waals surface area contributed by atoms with E-state index < -0.39 is 5.82 Å². The first-order valence-corrected chi connectivity index (χ1v) is 9.95. The minimum Gasteiger partial charge on any atom is -0.557 e. The first-order chi connectivity index (χ1) is 15.3. The van der Waals surface area contributed by atoms with Crippen LogP contribution in [0.1, 0.15) is 33.5 Å². The van der Waals surface area contributed by atoms with E-state index in [4.69, 9.17) is 4.74 Å². The fourth-order valence-corrected chi connectivity index (χ4v) is 3.40. The zero-order chi connectivity index (χ0) is 23.3. The Morgan fingerprint density at radius 2 is 1.82 bits per heavy atom. The van der Waals surface area contributed by atoms with Gasteiger partial charge in [0.15, 0.2) is 11.6 Å². The number of aromatic nitrogens is 1. The molecule has 3 rings (SSSR count). The Hall–Kier alpha value is -2.74. The van der Waals surface area contributed by atoms with E-state index in [0.29, 0.717) is 23.4 Å². The zero-order valence-electron chi connectivity index (χ0n) is 19.3. The number of benzene rings is 2. The van der Waals surface area contributed by atoms with Crippen LogP contribution in [0.25, 0.3) is 11.3 Å². The Kier molecular flexibility index (Phi) is 9.58. The summed E-state index contributed by atoms with van der Waals surface area (Å²) in [5.41, 5.74) is 6.35. The number of ether oxygens (including phenoxy) is 1. The van der Waals surface area contributed by atoms with Gasteiger partial charge in [-0.2, -0.15) is 0 Å². The van der Waals surface area contributed by atoms with Crippen molar-refractivity contribution in [2.45, 2.75) is 34.1 Å². The molecular formula is C25H23FN2NaO4-. The molecule has 1 heterocycles. The van der Waals surface area contributed by atoms with Crippen LogP contribution in [0.4, 0.5) is 4.39 Å². The monoisotopic (exact) mass is 457 g/mol. The van der Waals surface area contributed by atoms with Crippen molar-refractivity contribution in [3.63, 3.8) is 0 Å². The number of hydrogen-bond donors (Lipinski definition) is 1. The summed E-state index contributed by atoms with van der Waals surface area (Å²) in [6, 6.07) is 10.8. The number of rotatable bonds is 8. The second kappa shape index (κ2) is 11.9. The maximum atomic E-state index is 14.9. The standard InChI is InChI=1S/C25H23FN2O4.Na/c1-15-5-6-19(11-16(15)2)25-22(30)8-7-20(28-25)13-21-17(3)12-23(24(26)18(21)4)31-10-9-27-32-14-29;/h5-8,11-12,30H,10,13H2,1-4H3;/q-2;+1. The van der Waals surface area contributed by atoms with Crippen LogP contribution < -0.4 is 34.3 Å². The fourth-order valence-electron chi connectivity index (χ4n) is 3.40. The average Bonchev–Trinajstić information content (AvgIpc) is 2.77. The molecule has 0 fully saturated rings. The van der Waals surface area contributed by atoms with Crippen LogP contribution in [0.15, 0.2) is 41.6 Å². The largest absolute Gasteiger partial charge is 1.00 e. The molecule has 0 saturated carbocycles. The van der Waals surface area contributed by atoms with Gasteiger partial charge in [0, 0.05) is 17.7 Å². The number of halogens is 1. The number of pyridine rings is 1. The minimum absolute atomic E-state index is 0. The van der Waals surface area contributed by atoms with Crippen molar-refractivity contribution in [3.8, 4) is 22.8 Å². The maximum Gasteiger partial charge on any atom is 1.00 e. The minimum atomic E-state index is -0.497. The molecule has 0 unspecified atom stereocenters. The number of aryl methyl sites for hydroxylation is 3. The van der Waals surface area contributed by atoms with Crippen molar-refractivity contribution >= 4 is 12.7 Å². The second-order valence-corrected chi connectivity index (χ2v) is 7.47. The van der Waals surface area contributed by atoms with Crippen molar-refractivity contribution < 1.29 is 53.4 Å². The molecule has 6 nitrogen and oxygen atoms in total. The molecule has 3 aromatic rings. The van der Waals surface area contributed by atoms with Gasteiger partial charge in [-0.1, -0.05) is 12.1 Å². The topological polar surface area (TPSA) is 81.0 Å². The molecule has 0 atom stereocenters. The van der Waals surface area contributed by atoms with E-state index in [9.17, 15) is 14.3 Å². The van der Waals surface area contributed by atoms with Crippen molar-refractivity contribution in [1.82, 2.24) is 4.98 Å². The molecule has 0 radical (unpaired) electrons. The van der Waals surface area contributed by atoms with Gasteiger partial charge in [0.05, 0.1) is 0 Å².